The van der Waals surface area contributed by atoms with E-state index in [4.69, 9.17) is 16.3 Å². The van der Waals surface area contributed by atoms with Crippen molar-refractivity contribution in [1.82, 2.24) is 4.98 Å². The first-order valence-electron chi connectivity index (χ1n) is 6.09. The maximum Gasteiger partial charge on any atom is 0.347 e. The van der Waals surface area contributed by atoms with Crippen LogP contribution in [0.3, 0.4) is 0 Å². The van der Waals surface area contributed by atoms with Crippen LogP contribution in [0.2, 0.25) is 0 Å². The number of esters is 1. The highest BCUT2D eigenvalue weighted by Gasteiger charge is 2.22. The molecular formula is C14H14ClNO4. The van der Waals surface area contributed by atoms with Gasteiger partial charge in [-0.2, -0.15) is 0 Å². The predicted molar refractivity (Wildman–Crippen MR) is 76.3 cm³/mol. The Bertz CT molecular complexity index is 721. The molecule has 5 nitrogen and oxygen atoms in total. The van der Waals surface area contributed by atoms with Gasteiger partial charge in [0.05, 0.1) is 11.6 Å². The van der Waals surface area contributed by atoms with Crippen LogP contribution in [0.5, 0.6) is 5.75 Å². The highest BCUT2D eigenvalue weighted by atomic mass is 35.5. The van der Waals surface area contributed by atoms with E-state index < -0.39 is 22.8 Å². The molecule has 0 radical (unpaired) electrons. The topological polar surface area (TPSA) is 79.4 Å². The molecule has 0 bridgehead atoms. The predicted octanol–water partition coefficient (Wildman–Crippen LogP) is 2.54. The number of halogens is 1. The molecule has 0 saturated heterocycles. The number of aromatic nitrogens is 1. The Balaban J connectivity index is 2.73. The van der Waals surface area contributed by atoms with E-state index in [9.17, 15) is 14.7 Å². The Kier molecular flexibility index (Phi) is 3.99. The summed E-state index contributed by atoms with van der Waals surface area (Å²) in [6.45, 7) is 3.32. The fraction of sp³-hybridized carbons (Fsp3) is 0.286. The average molecular weight is 296 g/mol. The van der Waals surface area contributed by atoms with Crippen molar-refractivity contribution in [3.63, 3.8) is 0 Å². The van der Waals surface area contributed by atoms with Gasteiger partial charge in [0.1, 0.15) is 5.75 Å². The van der Waals surface area contributed by atoms with Gasteiger partial charge in [0.2, 0.25) is 0 Å². The number of H-pyrrole nitrogens is 1. The first-order valence-corrected chi connectivity index (χ1v) is 6.63. The zero-order valence-corrected chi connectivity index (χ0v) is 11.8. The van der Waals surface area contributed by atoms with Crippen molar-refractivity contribution in [2.24, 2.45) is 0 Å². The summed E-state index contributed by atoms with van der Waals surface area (Å²) < 4.78 is 4.97. The number of carbonyl (C=O) groups excluding carboxylic acids is 1. The van der Waals surface area contributed by atoms with E-state index in [-0.39, 0.29) is 12.0 Å². The molecule has 0 saturated carbocycles. The average Bonchev–Trinajstić information content (AvgIpc) is 2.36. The lowest BCUT2D eigenvalue weighted by Gasteiger charge is -2.11. The summed E-state index contributed by atoms with van der Waals surface area (Å²) in [5, 5.41) is 10.6. The highest BCUT2D eigenvalue weighted by molar-refractivity contribution is 6.18. The molecule has 106 valence electrons. The number of carbonyl (C=O) groups is 1. The van der Waals surface area contributed by atoms with Crippen molar-refractivity contribution in [3.05, 3.63) is 39.7 Å². The van der Waals surface area contributed by atoms with Crippen LogP contribution in [-0.2, 0) is 10.6 Å². The maximum absolute atomic E-state index is 11.9. The van der Waals surface area contributed by atoms with Crippen molar-refractivity contribution in [1.29, 1.82) is 0 Å². The Labute approximate surface area is 120 Å². The minimum atomic E-state index is -0.856. The van der Waals surface area contributed by atoms with Gasteiger partial charge >= 0.3 is 5.97 Å². The fourth-order valence-corrected chi connectivity index (χ4v) is 2.20. The minimum absolute atomic E-state index is 0.148. The Morgan fingerprint density at radius 2 is 2.15 bits per heavy atom. The van der Waals surface area contributed by atoms with Crippen LogP contribution in [0, 0.1) is 0 Å². The van der Waals surface area contributed by atoms with Gasteiger partial charge in [0.25, 0.3) is 5.56 Å². The van der Waals surface area contributed by atoms with E-state index >= 15 is 0 Å². The lowest BCUT2D eigenvalue weighted by Crippen LogP contribution is -2.22. The molecule has 2 aromatic rings. The number of fused-ring (bicyclic) bond motifs is 1. The van der Waals surface area contributed by atoms with E-state index in [2.05, 4.69) is 4.98 Å². The van der Waals surface area contributed by atoms with Crippen molar-refractivity contribution in [2.75, 3.05) is 0 Å². The molecule has 6 heteroatoms. The second-order valence-electron chi connectivity index (χ2n) is 4.61. The molecular weight excluding hydrogens is 282 g/mol. The van der Waals surface area contributed by atoms with Gasteiger partial charge in [-0.3, -0.25) is 4.79 Å². The first kappa shape index (κ1) is 14.4. The summed E-state index contributed by atoms with van der Waals surface area (Å²) >= 11 is 5.81. The first-order chi connectivity index (χ1) is 9.45. The van der Waals surface area contributed by atoms with Crippen LogP contribution >= 0.6 is 11.6 Å². The van der Waals surface area contributed by atoms with Crippen LogP contribution < -0.4 is 5.56 Å². The normalized spacial score (nSPS) is 11.0. The number of alkyl halides is 1. The summed E-state index contributed by atoms with van der Waals surface area (Å²) in [5.41, 5.74) is -0.0422. The van der Waals surface area contributed by atoms with E-state index in [1.807, 2.05) is 0 Å². The number of rotatable bonds is 3. The maximum atomic E-state index is 11.9. The largest absolute Gasteiger partial charge is 0.506 e. The molecule has 0 aliphatic carbocycles. The second kappa shape index (κ2) is 5.54. The minimum Gasteiger partial charge on any atom is -0.506 e. The Morgan fingerprint density at radius 1 is 1.45 bits per heavy atom. The monoisotopic (exact) mass is 295 g/mol. The SMILES string of the molecule is CC(C)OC(=O)c1c(O)c2c(CCl)cccc2[nH]c1=O. The van der Waals surface area contributed by atoms with Crippen LogP contribution in [0.4, 0.5) is 0 Å². The molecule has 2 rings (SSSR count). The number of nitrogens with one attached hydrogen (secondary N) is 1. The van der Waals surface area contributed by atoms with Crippen molar-refractivity contribution in [3.8, 4) is 5.75 Å². The molecule has 0 fully saturated rings. The van der Waals surface area contributed by atoms with Crippen molar-refractivity contribution in [2.45, 2.75) is 25.8 Å². The fourth-order valence-electron chi connectivity index (χ4n) is 1.98. The molecule has 0 aliphatic rings. The lowest BCUT2D eigenvalue weighted by molar-refractivity contribution is 0.0373. The van der Waals surface area contributed by atoms with Crippen LogP contribution in [0.25, 0.3) is 10.9 Å². The second-order valence-corrected chi connectivity index (χ2v) is 4.87. The van der Waals surface area contributed by atoms with Crippen LogP contribution in [0.15, 0.2) is 23.0 Å². The van der Waals surface area contributed by atoms with Crippen molar-refractivity contribution >= 4 is 28.5 Å². The van der Waals surface area contributed by atoms with Crippen molar-refractivity contribution < 1.29 is 14.6 Å². The summed E-state index contributed by atoms with van der Waals surface area (Å²) in [4.78, 5) is 26.4. The number of benzene rings is 1. The number of hydrogen-bond donors (Lipinski definition) is 2. The Morgan fingerprint density at radius 3 is 2.75 bits per heavy atom. The number of ether oxygens (including phenoxy) is 1. The summed E-state index contributed by atoms with van der Waals surface area (Å²) in [6.07, 6.45) is -0.389. The van der Waals surface area contributed by atoms with Gasteiger partial charge in [-0.15, -0.1) is 11.6 Å². The molecule has 1 heterocycles. The molecule has 0 atom stereocenters. The third-order valence-electron chi connectivity index (χ3n) is 2.79. The molecule has 1 aromatic heterocycles. The van der Waals surface area contributed by atoms with E-state index in [1.54, 1.807) is 32.0 Å². The molecule has 0 aliphatic heterocycles. The summed E-state index contributed by atoms with van der Waals surface area (Å²) in [7, 11) is 0. The summed E-state index contributed by atoms with van der Waals surface area (Å²) in [5.74, 6) is -1.11. The zero-order chi connectivity index (χ0) is 14.9. The van der Waals surface area contributed by atoms with E-state index in [0.29, 0.717) is 16.5 Å². The standard InChI is InChI=1S/C14H14ClNO4/c1-7(2)20-14(19)11-12(17)10-8(6-15)4-3-5-9(10)16-13(11)18/h3-5,7H,6H2,1-2H3,(H2,16,17,18). The quantitative estimate of drug-likeness (QED) is 0.673. The molecule has 0 unspecified atom stereocenters. The highest BCUT2D eigenvalue weighted by Crippen LogP contribution is 2.29. The molecule has 20 heavy (non-hydrogen) atoms. The molecule has 0 amide bonds. The molecule has 2 N–H and O–H groups in total. The van der Waals surface area contributed by atoms with Gasteiger partial charge in [0.15, 0.2) is 5.56 Å². The lowest BCUT2D eigenvalue weighted by atomic mass is 10.1. The third-order valence-corrected chi connectivity index (χ3v) is 3.08. The van der Waals surface area contributed by atoms with Crippen LogP contribution in [-0.4, -0.2) is 22.2 Å². The number of pyridine rings is 1. The molecule has 1 aromatic carbocycles. The van der Waals surface area contributed by atoms with Gasteiger partial charge < -0.3 is 14.8 Å². The van der Waals surface area contributed by atoms with Gasteiger partial charge in [-0.1, -0.05) is 12.1 Å². The van der Waals surface area contributed by atoms with E-state index in [1.165, 1.54) is 0 Å². The van der Waals surface area contributed by atoms with Gasteiger partial charge in [-0.05, 0) is 25.5 Å². The van der Waals surface area contributed by atoms with Crippen LogP contribution in [0.1, 0.15) is 29.8 Å². The molecule has 0 spiro atoms. The Hall–Kier alpha value is -2.01. The number of aromatic hydroxyl groups is 1. The number of aromatic amines is 1. The zero-order valence-electron chi connectivity index (χ0n) is 11.1. The van der Waals surface area contributed by atoms with Gasteiger partial charge in [-0.25, -0.2) is 4.79 Å². The smallest absolute Gasteiger partial charge is 0.347 e. The number of hydrogen-bond acceptors (Lipinski definition) is 4. The third kappa shape index (κ3) is 2.49. The summed E-state index contributed by atoms with van der Waals surface area (Å²) in [6, 6.07) is 5.05. The van der Waals surface area contributed by atoms with Gasteiger partial charge in [0, 0.05) is 11.3 Å². The van der Waals surface area contributed by atoms with E-state index in [0.717, 1.165) is 0 Å².